The molecule has 1 aliphatic carbocycles. The Hall–Kier alpha value is -2.10. The summed E-state index contributed by atoms with van der Waals surface area (Å²) in [5, 5.41) is 3.08. The summed E-state index contributed by atoms with van der Waals surface area (Å²) >= 11 is 1.18. The van der Waals surface area contributed by atoms with Crippen molar-refractivity contribution in [2.45, 2.75) is 31.6 Å². The van der Waals surface area contributed by atoms with Gasteiger partial charge in [0, 0.05) is 26.1 Å². The molecule has 0 fully saturated rings. The van der Waals surface area contributed by atoms with Gasteiger partial charge in [0.2, 0.25) is 10.0 Å². The average molecular weight is 408 g/mol. The number of rotatable bonds is 4. The van der Waals surface area contributed by atoms with E-state index in [2.05, 4.69) is 10.3 Å². The van der Waals surface area contributed by atoms with Crippen molar-refractivity contribution < 1.29 is 18.0 Å². The standard InChI is InChI=1S/C18H21N3O4S2/c1-18(2)9-13-15(14(22)10-18)26-17(19-13)20-16(23)11-5-7-12(8-6-11)27(24,25)21(3)4/h5-8H,9-10H2,1-4H3,(H,19,20,23). The van der Waals surface area contributed by atoms with Crippen molar-refractivity contribution in [3.63, 3.8) is 0 Å². The number of carbonyl (C=O) groups excluding carboxylic acids is 2. The second-order valence-corrected chi connectivity index (χ2v) is 10.7. The molecule has 0 saturated heterocycles. The normalized spacial score (nSPS) is 16.3. The molecule has 3 rings (SSSR count). The minimum Gasteiger partial charge on any atom is -0.298 e. The predicted octanol–water partition coefficient (Wildman–Crippen LogP) is 2.80. The summed E-state index contributed by atoms with van der Waals surface area (Å²) in [6, 6.07) is 5.69. The maximum atomic E-state index is 12.4. The van der Waals surface area contributed by atoms with Crippen LogP contribution in [0.5, 0.6) is 0 Å². The lowest BCUT2D eigenvalue weighted by molar-refractivity contribution is 0.0915. The van der Waals surface area contributed by atoms with Crippen molar-refractivity contribution in [2.24, 2.45) is 5.41 Å². The third-order valence-corrected chi connectivity index (χ3v) is 7.23. The summed E-state index contributed by atoms with van der Waals surface area (Å²) in [5.74, 6) is -0.348. The molecule has 1 amide bonds. The predicted molar refractivity (Wildman–Crippen MR) is 104 cm³/mol. The van der Waals surface area contributed by atoms with Crippen LogP contribution in [0.4, 0.5) is 5.13 Å². The number of fused-ring (bicyclic) bond motifs is 1. The zero-order valence-electron chi connectivity index (χ0n) is 15.6. The molecule has 7 nitrogen and oxygen atoms in total. The smallest absolute Gasteiger partial charge is 0.257 e. The van der Waals surface area contributed by atoms with E-state index in [1.54, 1.807) is 0 Å². The summed E-state index contributed by atoms with van der Waals surface area (Å²) in [5.41, 5.74) is 0.907. The first kappa shape index (κ1) is 19.7. The number of sulfonamides is 1. The SMILES string of the molecule is CN(C)S(=O)(=O)c1ccc(C(=O)Nc2nc3c(s2)C(=O)CC(C)(C)C3)cc1. The molecule has 1 N–H and O–H groups in total. The van der Waals surface area contributed by atoms with Crippen LogP contribution in [0.1, 0.15) is 46.0 Å². The lowest BCUT2D eigenvalue weighted by Crippen LogP contribution is -2.26. The molecule has 0 spiro atoms. The quantitative estimate of drug-likeness (QED) is 0.841. The molecule has 1 aromatic carbocycles. The van der Waals surface area contributed by atoms with Crippen molar-refractivity contribution in [2.75, 3.05) is 19.4 Å². The lowest BCUT2D eigenvalue weighted by Gasteiger charge is -2.26. The van der Waals surface area contributed by atoms with Crippen LogP contribution >= 0.6 is 11.3 Å². The van der Waals surface area contributed by atoms with E-state index in [-0.39, 0.29) is 16.1 Å². The van der Waals surface area contributed by atoms with Crippen molar-refractivity contribution >= 4 is 38.2 Å². The molecular weight excluding hydrogens is 386 g/mol. The average Bonchev–Trinajstić information content (AvgIpc) is 2.96. The lowest BCUT2D eigenvalue weighted by atomic mass is 9.78. The van der Waals surface area contributed by atoms with E-state index in [0.29, 0.717) is 28.4 Å². The van der Waals surface area contributed by atoms with Gasteiger partial charge >= 0.3 is 0 Å². The number of thiazole rings is 1. The van der Waals surface area contributed by atoms with Crippen LogP contribution in [0.3, 0.4) is 0 Å². The van der Waals surface area contributed by atoms with E-state index in [1.807, 2.05) is 13.8 Å². The first-order chi connectivity index (χ1) is 12.5. The number of carbonyl (C=O) groups is 2. The molecule has 0 saturated carbocycles. The number of benzene rings is 1. The van der Waals surface area contributed by atoms with Crippen molar-refractivity contribution in [3.8, 4) is 0 Å². The highest BCUT2D eigenvalue weighted by Crippen LogP contribution is 2.38. The Labute approximate surface area is 162 Å². The number of nitrogens with one attached hydrogen (secondary N) is 1. The Morgan fingerprint density at radius 3 is 2.41 bits per heavy atom. The second kappa shape index (κ2) is 6.81. The summed E-state index contributed by atoms with van der Waals surface area (Å²) in [6.07, 6.45) is 1.16. The van der Waals surface area contributed by atoms with Gasteiger partial charge < -0.3 is 0 Å². The fourth-order valence-electron chi connectivity index (χ4n) is 2.93. The van der Waals surface area contributed by atoms with Gasteiger partial charge in [-0.25, -0.2) is 17.7 Å². The molecular formula is C18H21N3O4S2. The van der Waals surface area contributed by atoms with E-state index in [1.165, 1.54) is 49.7 Å². The topological polar surface area (TPSA) is 96.4 Å². The minimum absolute atomic E-state index is 0.0532. The van der Waals surface area contributed by atoms with Gasteiger partial charge in [-0.1, -0.05) is 25.2 Å². The van der Waals surface area contributed by atoms with Gasteiger partial charge in [0.15, 0.2) is 10.9 Å². The molecule has 144 valence electrons. The zero-order valence-corrected chi connectivity index (χ0v) is 17.2. The number of anilines is 1. The Morgan fingerprint density at radius 1 is 1.19 bits per heavy atom. The molecule has 0 atom stereocenters. The highest BCUT2D eigenvalue weighted by atomic mass is 32.2. The van der Waals surface area contributed by atoms with Gasteiger partial charge in [-0.2, -0.15) is 0 Å². The molecule has 0 bridgehead atoms. The summed E-state index contributed by atoms with van der Waals surface area (Å²) in [6.45, 7) is 4.05. The van der Waals surface area contributed by atoms with Crippen molar-refractivity contribution in [1.29, 1.82) is 0 Å². The first-order valence-corrected chi connectivity index (χ1v) is 10.6. The van der Waals surface area contributed by atoms with Gasteiger partial charge in [-0.3, -0.25) is 14.9 Å². The van der Waals surface area contributed by atoms with Crippen LogP contribution in [0, 0.1) is 5.41 Å². The number of hydrogen-bond donors (Lipinski definition) is 1. The van der Waals surface area contributed by atoms with Crippen LogP contribution in [-0.2, 0) is 16.4 Å². The molecule has 0 aliphatic heterocycles. The van der Waals surface area contributed by atoms with E-state index < -0.39 is 15.9 Å². The van der Waals surface area contributed by atoms with Crippen LogP contribution in [0.15, 0.2) is 29.2 Å². The molecule has 0 unspecified atom stereocenters. The highest BCUT2D eigenvalue weighted by molar-refractivity contribution is 7.89. The number of nitrogens with zero attached hydrogens (tertiary/aromatic N) is 2. The molecule has 1 aromatic heterocycles. The summed E-state index contributed by atoms with van der Waals surface area (Å²) in [7, 11) is -0.649. The van der Waals surface area contributed by atoms with Gasteiger partial charge in [-0.05, 0) is 36.1 Å². The third-order valence-electron chi connectivity index (χ3n) is 4.35. The summed E-state index contributed by atoms with van der Waals surface area (Å²) in [4.78, 5) is 29.8. The Kier molecular flexibility index (Phi) is 4.96. The van der Waals surface area contributed by atoms with E-state index >= 15 is 0 Å². The highest BCUT2D eigenvalue weighted by Gasteiger charge is 2.34. The molecule has 1 aliphatic rings. The van der Waals surface area contributed by atoms with Crippen molar-refractivity contribution in [1.82, 2.24) is 9.29 Å². The van der Waals surface area contributed by atoms with Crippen LogP contribution < -0.4 is 5.32 Å². The van der Waals surface area contributed by atoms with Gasteiger partial charge in [-0.15, -0.1) is 0 Å². The molecule has 2 aromatic rings. The molecule has 9 heteroatoms. The second-order valence-electron chi connectivity index (χ2n) is 7.50. The van der Waals surface area contributed by atoms with Gasteiger partial charge in [0.25, 0.3) is 5.91 Å². The van der Waals surface area contributed by atoms with Crippen LogP contribution in [-0.4, -0.2) is 43.5 Å². The zero-order chi connectivity index (χ0) is 20.0. The fourth-order valence-corrected chi connectivity index (χ4v) is 4.75. The number of aromatic nitrogens is 1. The van der Waals surface area contributed by atoms with Gasteiger partial charge in [0.05, 0.1) is 15.5 Å². The van der Waals surface area contributed by atoms with Crippen LogP contribution in [0.25, 0.3) is 0 Å². The number of hydrogen-bond acceptors (Lipinski definition) is 6. The maximum absolute atomic E-state index is 12.4. The van der Waals surface area contributed by atoms with E-state index in [4.69, 9.17) is 0 Å². The largest absolute Gasteiger partial charge is 0.298 e. The Morgan fingerprint density at radius 2 is 1.81 bits per heavy atom. The Balaban J connectivity index is 1.78. The monoisotopic (exact) mass is 407 g/mol. The Bertz CT molecular complexity index is 1010. The molecule has 1 heterocycles. The van der Waals surface area contributed by atoms with Crippen molar-refractivity contribution in [3.05, 3.63) is 40.4 Å². The van der Waals surface area contributed by atoms with E-state index in [0.717, 1.165) is 10.00 Å². The number of Topliss-reactive ketones (excluding diaryl/α,β-unsaturated/α-hetero) is 1. The molecule has 27 heavy (non-hydrogen) atoms. The first-order valence-electron chi connectivity index (χ1n) is 8.36. The van der Waals surface area contributed by atoms with Crippen LogP contribution in [0.2, 0.25) is 0 Å². The molecule has 0 radical (unpaired) electrons. The summed E-state index contributed by atoms with van der Waals surface area (Å²) < 4.78 is 25.3. The third kappa shape index (κ3) is 3.95. The minimum atomic E-state index is -3.54. The number of amides is 1. The number of ketones is 1. The maximum Gasteiger partial charge on any atom is 0.257 e. The van der Waals surface area contributed by atoms with E-state index in [9.17, 15) is 18.0 Å². The fraction of sp³-hybridized carbons (Fsp3) is 0.389. The van der Waals surface area contributed by atoms with Gasteiger partial charge in [0.1, 0.15) is 0 Å².